The van der Waals surface area contributed by atoms with E-state index in [0.29, 0.717) is 25.5 Å². The highest BCUT2D eigenvalue weighted by molar-refractivity contribution is 5.77. The van der Waals surface area contributed by atoms with Gasteiger partial charge in [-0.1, -0.05) is 6.07 Å². The highest BCUT2D eigenvalue weighted by Crippen LogP contribution is 2.23. The molecule has 1 aliphatic rings. The molecule has 2 aromatic rings. The van der Waals surface area contributed by atoms with Crippen molar-refractivity contribution in [3.8, 4) is 5.75 Å². The van der Waals surface area contributed by atoms with Gasteiger partial charge in [-0.3, -0.25) is 9.69 Å². The molecule has 2 heterocycles. The molecule has 6 nitrogen and oxygen atoms in total. The summed E-state index contributed by atoms with van der Waals surface area (Å²) in [5, 5.41) is 2.98. The summed E-state index contributed by atoms with van der Waals surface area (Å²) < 4.78 is 16.9. The monoisotopic (exact) mass is 372 g/mol. The Morgan fingerprint density at radius 1 is 1.15 bits per heavy atom. The predicted octanol–water partition coefficient (Wildman–Crippen LogP) is 2.77. The summed E-state index contributed by atoms with van der Waals surface area (Å²) in [5.74, 6) is 2.30. The first-order chi connectivity index (χ1) is 13.0. The lowest BCUT2D eigenvalue weighted by molar-refractivity contribution is -0.123. The van der Waals surface area contributed by atoms with E-state index < -0.39 is 0 Å². The van der Waals surface area contributed by atoms with E-state index in [1.165, 1.54) is 5.56 Å². The minimum absolute atomic E-state index is 0.00445. The number of ether oxygens (including phenoxy) is 2. The number of carbonyl (C=O) groups excluding carboxylic acids is 1. The van der Waals surface area contributed by atoms with Crippen LogP contribution in [-0.4, -0.2) is 50.3 Å². The summed E-state index contributed by atoms with van der Waals surface area (Å²) in [4.78, 5) is 14.6. The van der Waals surface area contributed by atoms with E-state index in [1.807, 2.05) is 51.1 Å². The van der Waals surface area contributed by atoms with Crippen molar-refractivity contribution in [3.05, 3.63) is 53.0 Å². The van der Waals surface area contributed by atoms with Crippen molar-refractivity contribution in [1.29, 1.82) is 0 Å². The zero-order valence-electron chi connectivity index (χ0n) is 16.3. The molecule has 27 heavy (non-hydrogen) atoms. The lowest BCUT2D eigenvalue weighted by Crippen LogP contribution is -2.44. The molecule has 1 amide bonds. The second kappa shape index (κ2) is 9.06. The van der Waals surface area contributed by atoms with Gasteiger partial charge in [0, 0.05) is 19.6 Å². The molecule has 0 aliphatic carbocycles. The van der Waals surface area contributed by atoms with Gasteiger partial charge in [0.15, 0.2) is 6.61 Å². The SMILES string of the molecule is Cc1ccc(C(CNC(=O)COc2ccc(C)c(C)c2)N2CCOCC2)o1. The molecule has 1 aromatic heterocycles. The number of carbonyl (C=O) groups is 1. The Labute approximate surface area is 160 Å². The molecule has 1 aromatic carbocycles. The van der Waals surface area contributed by atoms with Crippen molar-refractivity contribution in [2.75, 3.05) is 39.5 Å². The largest absolute Gasteiger partial charge is 0.484 e. The van der Waals surface area contributed by atoms with Crippen molar-refractivity contribution in [3.63, 3.8) is 0 Å². The summed E-state index contributed by atoms with van der Waals surface area (Å²) >= 11 is 0. The van der Waals surface area contributed by atoms with Crippen LogP contribution in [0.1, 0.15) is 28.7 Å². The predicted molar refractivity (Wildman–Crippen MR) is 103 cm³/mol. The van der Waals surface area contributed by atoms with Crippen molar-refractivity contribution < 1.29 is 18.7 Å². The summed E-state index contributed by atoms with van der Waals surface area (Å²) in [6.45, 7) is 9.50. The molecule has 0 bridgehead atoms. The molecule has 0 radical (unpaired) electrons. The number of furan rings is 1. The fraction of sp³-hybridized carbons (Fsp3) is 0.476. The third-order valence-corrected chi connectivity index (χ3v) is 4.92. The molecule has 1 aliphatic heterocycles. The van der Waals surface area contributed by atoms with E-state index in [0.717, 1.165) is 30.2 Å². The Morgan fingerprint density at radius 3 is 2.59 bits per heavy atom. The third-order valence-electron chi connectivity index (χ3n) is 4.92. The van der Waals surface area contributed by atoms with Gasteiger partial charge in [-0.2, -0.15) is 0 Å². The lowest BCUT2D eigenvalue weighted by Gasteiger charge is -2.33. The highest BCUT2D eigenvalue weighted by atomic mass is 16.5. The summed E-state index contributed by atoms with van der Waals surface area (Å²) in [5.41, 5.74) is 2.35. The molecule has 1 unspecified atom stereocenters. The number of aryl methyl sites for hydroxylation is 3. The van der Waals surface area contributed by atoms with Crippen molar-refractivity contribution >= 4 is 5.91 Å². The molecule has 146 valence electrons. The number of hydrogen-bond donors (Lipinski definition) is 1. The van der Waals surface area contributed by atoms with Crippen LogP contribution in [0, 0.1) is 20.8 Å². The number of morpholine rings is 1. The standard InChI is InChI=1S/C21H28N2O4/c1-15-4-6-18(12-16(15)2)26-14-21(24)22-13-19(20-7-5-17(3)27-20)23-8-10-25-11-9-23/h4-7,12,19H,8-11,13-14H2,1-3H3,(H,22,24). The van der Waals surface area contributed by atoms with Gasteiger partial charge in [-0.15, -0.1) is 0 Å². The minimum Gasteiger partial charge on any atom is -0.484 e. The molecule has 0 spiro atoms. The number of hydrogen-bond acceptors (Lipinski definition) is 5. The molecule has 6 heteroatoms. The average molecular weight is 372 g/mol. The molecular weight excluding hydrogens is 344 g/mol. The maximum atomic E-state index is 12.3. The highest BCUT2D eigenvalue weighted by Gasteiger charge is 2.25. The van der Waals surface area contributed by atoms with Crippen LogP contribution in [0.15, 0.2) is 34.7 Å². The van der Waals surface area contributed by atoms with Gasteiger partial charge in [0.25, 0.3) is 5.91 Å². The Morgan fingerprint density at radius 2 is 1.93 bits per heavy atom. The van der Waals surface area contributed by atoms with Gasteiger partial charge in [0.1, 0.15) is 17.3 Å². The minimum atomic E-state index is -0.144. The molecular formula is C21H28N2O4. The van der Waals surface area contributed by atoms with Gasteiger partial charge in [-0.05, 0) is 56.2 Å². The van der Waals surface area contributed by atoms with E-state index in [9.17, 15) is 4.79 Å². The van der Waals surface area contributed by atoms with Gasteiger partial charge >= 0.3 is 0 Å². The van der Waals surface area contributed by atoms with E-state index in [2.05, 4.69) is 10.2 Å². The molecule has 0 saturated carbocycles. The molecule has 1 fully saturated rings. The second-order valence-electron chi connectivity index (χ2n) is 6.95. The first-order valence-corrected chi connectivity index (χ1v) is 9.38. The van der Waals surface area contributed by atoms with Gasteiger partial charge in [0.2, 0.25) is 0 Å². The van der Waals surface area contributed by atoms with Crippen LogP contribution >= 0.6 is 0 Å². The Hall–Kier alpha value is -2.31. The maximum absolute atomic E-state index is 12.3. The van der Waals surface area contributed by atoms with E-state index >= 15 is 0 Å². The molecule has 1 N–H and O–H groups in total. The molecule has 3 rings (SSSR count). The maximum Gasteiger partial charge on any atom is 0.258 e. The molecule has 1 atom stereocenters. The van der Waals surface area contributed by atoms with Gasteiger partial charge < -0.3 is 19.2 Å². The average Bonchev–Trinajstić information content (AvgIpc) is 3.10. The normalized spacial score (nSPS) is 16.1. The second-order valence-corrected chi connectivity index (χ2v) is 6.95. The zero-order chi connectivity index (χ0) is 19.2. The Kier molecular flexibility index (Phi) is 6.53. The van der Waals surface area contributed by atoms with Crippen LogP contribution in [-0.2, 0) is 9.53 Å². The van der Waals surface area contributed by atoms with E-state index in [-0.39, 0.29) is 18.6 Å². The first kappa shape index (κ1) is 19.5. The third kappa shape index (κ3) is 5.34. The number of rotatable bonds is 7. The van der Waals surface area contributed by atoms with Crippen LogP contribution in [0.5, 0.6) is 5.75 Å². The van der Waals surface area contributed by atoms with E-state index in [4.69, 9.17) is 13.9 Å². The van der Waals surface area contributed by atoms with Crippen molar-refractivity contribution in [2.45, 2.75) is 26.8 Å². The zero-order valence-corrected chi connectivity index (χ0v) is 16.3. The van der Waals surface area contributed by atoms with Crippen LogP contribution in [0.4, 0.5) is 0 Å². The fourth-order valence-electron chi connectivity index (χ4n) is 3.15. The van der Waals surface area contributed by atoms with Crippen LogP contribution < -0.4 is 10.1 Å². The summed E-state index contributed by atoms with van der Waals surface area (Å²) in [6, 6.07) is 9.76. The van der Waals surface area contributed by atoms with Crippen LogP contribution in [0.25, 0.3) is 0 Å². The quantitative estimate of drug-likeness (QED) is 0.810. The summed E-state index contributed by atoms with van der Waals surface area (Å²) in [6.07, 6.45) is 0. The summed E-state index contributed by atoms with van der Waals surface area (Å²) in [7, 11) is 0. The van der Waals surface area contributed by atoms with Crippen LogP contribution in [0.3, 0.4) is 0 Å². The number of benzene rings is 1. The van der Waals surface area contributed by atoms with Gasteiger partial charge in [-0.25, -0.2) is 0 Å². The van der Waals surface area contributed by atoms with Gasteiger partial charge in [0.05, 0.1) is 19.3 Å². The number of nitrogens with one attached hydrogen (secondary N) is 1. The Bertz CT molecular complexity index is 765. The van der Waals surface area contributed by atoms with Crippen molar-refractivity contribution in [1.82, 2.24) is 10.2 Å². The smallest absolute Gasteiger partial charge is 0.258 e. The molecule has 1 saturated heterocycles. The van der Waals surface area contributed by atoms with Crippen molar-refractivity contribution in [2.24, 2.45) is 0 Å². The number of amides is 1. The van der Waals surface area contributed by atoms with E-state index in [1.54, 1.807) is 0 Å². The number of nitrogens with zero attached hydrogens (tertiary/aromatic N) is 1. The Balaban J connectivity index is 1.55. The topological polar surface area (TPSA) is 63.9 Å². The van der Waals surface area contributed by atoms with Crippen LogP contribution in [0.2, 0.25) is 0 Å². The first-order valence-electron chi connectivity index (χ1n) is 9.38. The fourth-order valence-corrected chi connectivity index (χ4v) is 3.15. The lowest BCUT2D eigenvalue weighted by atomic mass is 10.1.